The average molecular weight is 304 g/mol. The Morgan fingerprint density at radius 3 is 2.60 bits per heavy atom. The Kier molecular flexibility index (Phi) is 4.10. The molecule has 0 unspecified atom stereocenters. The number of aromatic nitrogens is 1. The number of alkyl halides is 3. The zero-order chi connectivity index (χ0) is 14.9. The summed E-state index contributed by atoms with van der Waals surface area (Å²) >= 11 is 1.19. The van der Waals surface area contributed by atoms with Crippen LogP contribution in [0.1, 0.15) is 16.1 Å². The molecule has 2 nitrogen and oxygen atoms in total. The second-order valence-electron chi connectivity index (χ2n) is 4.22. The number of thiazole rings is 1. The molecule has 0 fully saturated rings. The summed E-state index contributed by atoms with van der Waals surface area (Å²) in [5, 5.41) is 3.20. The average Bonchev–Trinajstić information content (AvgIpc) is 2.70. The van der Waals surface area contributed by atoms with Crippen LogP contribution in [0.4, 0.5) is 17.6 Å². The first-order valence-electron chi connectivity index (χ1n) is 5.81. The smallest absolute Gasteiger partial charge is 0.315 e. The predicted octanol–water partition coefficient (Wildman–Crippen LogP) is 4.00. The lowest BCUT2D eigenvalue weighted by Crippen LogP contribution is -2.08. The van der Waals surface area contributed by atoms with Gasteiger partial charge in [0.25, 0.3) is 0 Å². The minimum Gasteiger partial charge on any atom is -0.315 e. The molecule has 0 spiro atoms. The number of rotatable bonds is 3. The standard InChI is InChI=1S/C13H12F4N2S/c1-7-10(6-18-2)20-12(19-7)8-4-3-5-9(11(8)14)13(15,16)17/h3-5,18H,6H2,1-2H3. The number of hydrogen-bond acceptors (Lipinski definition) is 3. The van der Waals surface area contributed by atoms with E-state index >= 15 is 0 Å². The van der Waals surface area contributed by atoms with Gasteiger partial charge >= 0.3 is 6.18 Å². The van der Waals surface area contributed by atoms with E-state index in [0.717, 1.165) is 10.9 Å². The highest BCUT2D eigenvalue weighted by Crippen LogP contribution is 2.37. The Morgan fingerprint density at radius 2 is 2.00 bits per heavy atom. The molecule has 0 aliphatic heterocycles. The van der Waals surface area contributed by atoms with Crippen LogP contribution in [-0.2, 0) is 12.7 Å². The lowest BCUT2D eigenvalue weighted by Gasteiger charge is -2.09. The van der Waals surface area contributed by atoms with Crippen molar-refractivity contribution < 1.29 is 17.6 Å². The van der Waals surface area contributed by atoms with Gasteiger partial charge in [-0.1, -0.05) is 6.07 Å². The Balaban J connectivity index is 2.51. The van der Waals surface area contributed by atoms with Crippen molar-refractivity contribution in [1.82, 2.24) is 10.3 Å². The number of benzene rings is 1. The van der Waals surface area contributed by atoms with Gasteiger partial charge in [-0.3, -0.25) is 0 Å². The van der Waals surface area contributed by atoms with E-state index in [1.54, 1.807) is 14.0 Å². The number of aryl methyl sites for hydroxylation is 1. The summed E-state index contributed by atoms with van der Waals surface area (Å²) in [6.45, 7) is 2.29. The van der Waals surface area contributed by atoms with Crippen LogP contribution in [-0.4, -0.2) is 12.0 Å². The maximum Gasteiger partial charge on any atom is 0.419 e. The maximum absolute atomic E-state index is 14.0. The zero-order valence-corrected chi connectivity index (χ0v) is 11.6. The summed E-state index contributed by atoms with van der Waals surface area (Å²) in [7, 11) is 1.75. The molecular formula is C13H12F4N2S. The van der Waals surface area contributed by atoms with E-state index in [1.165, 1.54) is 23.5 Å². The topological polar surface area (TPSA) is 24.9 Å². The fourth-order valence-corrected chi connectivity index (χ4v) is 2.88. The number of nitrogens with zero attached hydrogens (tertiary/aromatic N) is 1. The van der Waals surface area contributed by atoms with Crippen molar-refractivity contribution >= 4 is 11.3 Å². The summed E-state index contributed by atoms with van der Waals surface area (Å²) in [5.74, 6) is -1.27. The van der Waals surface area contributed by atoms with Gasteiger partial charge in [0.05, 0.1) is 11.3 Å². The molecular weight excluding hydrogens is 292 g/mol. The first-order valence-corrected chi connectivity index (χ1v) is 6.63. The molecule has 0 radical (unpaired) electrons. The highest BCUT2D eigenvalue weighted by Gasteiger charge is 2.35. The van der Waals surface area contributed by atoms with E-state index < -0.39 is 17.6 Å². The minimum absolute atomic E-state index is 0.115. The Bertz CT molecular complexity index is 619. The Hall–Kier alpha value is -1.47. The van der Waals surface area contributed by atoms with Crippen LogP contribution >= 0.6 is 11.3 Å². The second kappa shape index (κ2) is 5.49. The lowest BCUT2D eigenvalue weighted by atomic mass is 10.1. The first kappa shape index (κ1) is 14.9. The molecule has 1 aromatic heterocycles. The summed E-state index contributed by atoms with van der Waals surface area (Å²) < 4.78 is 52.1. The SMILES string of the molecule is CNCc1sc(-c2cccc(C(F)(F)F)c2F)nc1C. The van der Waals surface area contributed by atoms with Crippen LogP contribution in [0.15, 0.2) is 18.2 Å². The van der Waals surface area contributed by atoms with Crippen LogP contribution in [0, 0.1) is 12.7 Å². The van der Waals surface area contributed by atoms with E-state index in [2.05, 4.69) is 10.3 Å². The molecule has 108 valence electrons. The number of halogens is 4. The molecule has 0 amide bonds. The van der Waals surface area contributed by atoms with Crippen molar-refractivity contribution in [3.8, 4) is 10.6 Å². The summed E-state index contributed by atoms with van der Waals surface area (Å²) in [4.78, 5) is 5.03. The van der Waals surface area contributed by atoms with Gasteiger partial charge in [-0.2, -0.15) is 13.2 Å². The molecule has 1 heterocycles. The van der Waals surface area contributed by atoms with Crippen molar-refractivity contribution in [3.63, 3.8) is 0 Å². The molecule has 7 heteroatoms. The van der Waals surface area contributed by atoms with Crippen molar-refractivity contribution in [1.29, 1.82) is 0 Å². The lowest BCUT2D eigenvalue weighted by molar-refractivity contribution is -0.139. The van der Waals surface area contributed by atoms with Gasteiger partial charge in [-0.05, 0) is 26.1 Å². The highest BCUT2D eigenvalue weighted by atomic mass is 32.1. The third kappa shape index (κ3) is 2.83. The minimum atomic E-state index is -4.71. The monoisotopic (exact) mass is 304 g/mol. The molecule has 2 aromatic rings. The van der Waals surface area contributed by atoms with Crippen LogP contribution in [0.2, 0.25) is 0 Å². The highest BCUT2D eigenvalue weighted by molar-refractivity contribution is 7.15. The second-order valence-corrected chi connectivity index (χ2v) is 5.31. The van der Waals surface area contributed by atoms with Crippen molar-refractivity contribution in [2.24, 2.45) is 0 Å². The molecule has 0 bridgehead atoms. The quantitative estimate of drug-likeness (QED) is 0.867. The van der Waals surface area contributed by atoms with Crippen molar-refractivity contribution in [2.45, 2.75) is 19.6 Å². The molecule has 1 N–H and O–H groups in total. The third-order valence-electron chi connectivity index (χ3n) is 2.76. The Labute approximate surface area is 117 Å². The van der Waals surface area contributed by atoms with E-state index in [1.807, 2.05) is 0 Å². The van der Waals surface area contributed by atoms with E-state index in [0.29, 0.717) is 12.2 Å². The van der Waals surface area contributed by atoms with Crippen LogP contribution in [0.5, 0.6) is 0 Å². The molecule has 0 aliphatic carbocycles. The first-order chi connectivity index (χ1) is 9.34. The summed E-state index contributed by atoms with van der Waals surface area (Å²) in [5.41, 5.74) is -0.690. The molecule has 0 atom stereocenters. The largest absolute Gasteiger partial charge is 0.419 e. The zero-order valence-electron chi connectivity index (χ0n) is 10.8. The maximum atomic E-state index is 14.0. The van der Waals surface area contributed by atoms with Gasteiger partial charge in [0.1, 0.15) is 10.8 Å². The fourth-order valence-electron chi connectivity index (χ4n) is 1.78. The van der Waals surface area contributed by atoms with Gasteiger partial charge in [0.15, 0.2) is 0 Å². The van der Waals surface area contributed by atoms with Crippen LogP contribution < -0.4 is 5.32 Å². The predicted molar refractivity (Wildman–Crippen MR) is 70.0 cm³/mol. The molecule has 20 heavy (non-hydrogen) atoms. The van der Waals surface area contributed by atoms with Crippen molar-refractivity contribution in [3.05, 3.63) is 40.2 Å². The van der Waals surface area contributed by atoms with E-state index in [4.69, 9.17) is 0 Å². The van der Waals surface area contributed by atoms with Gasteiger partial charge in [-0.15, -0.1) is 11.3 Å². The van der Waals surface area contributed by atoms with Gasteiger partial charge in [-0.25, -0.2) is 9.37 Å². The third-order valence-corrected chi connectivity index (χ3v) is 3.96. The number of nitrogens with one attached hydrogen (secondary N) is 1. The summed E-state index contributed by atoms with van der Waals surface area (Å²) in [6.07, 6.45) is -4.71. The molecule has 0 saturated heterocycles. The normalized spacial score (nSPS) is 11.9. The molecule has 0 saturated carbocycles. The van der Waals surface area contributed by atoms with E-state index in [9.17, 15) is 17.6 Å². The van der Waals surface area contributed by atoms with Crippen molar-refractivity contribution in [2.75, 3.05) is 7.05 Å². The van der Waals surface area contributed by atoms with Gasteiger partial charge in [0.2, 0.25) is 0 Å². The fraction of sp³-hybridized carbons (Fsp3) is 0.308. The van der Waals surface area contributed by atoms with E-state index in [-0.39, 0.29) is 10.6 Å². The molecule has 0 aliphatic rings. The Morgan fingerprint density at radius 1 is 1.30 bits per heavy atom. The van der Waals surface area contributed by atoms with Crippen LogP contribution in [0.25, 0.3) is 10.6 Å². The van der Waals surface area contributed by atoms with Gasteiger partial charge in [0, 0.05) is 17.0 Å². The number of hydrogen-bond donors (Lipinski definition) is 1. The summed E-state index contributed by atoms with van der Waals surface area (Å²) in [6, 6.07) is 3.23. The molecule has 2 rings (SSSR count). The molecule has 1 aromatic carbocycles. The van der Waals surface area contributed by atoms with Gasteiger partial charge < -0.3 is 5.32 Å². The van der Waals surface area contributed by atoms with Crippen LogP contribution in [0.3, 0.4) is 0 Å².